The Morgan fingerprint density at radius 2 is 2.30 bits per heavy atom. The van der Waals surface area contributed by atoms with Crippen LogP contribution in [0.15, 0.2) is 24.3 Å². The molecular formula is C14H21N3O2S. The van der Waals surface area contributed by atoms with E-state index in [1.54, 1.807) is 0 Å². The third kappa shape index (κ3) is 3.59. The largest absolute Gasteiger partial charge is 0.361 e. The number of rotatable bonds is 6. The molecule has 110 valence electrons. The van der Waals surface area contributed by atoms with Crippen molar-refractivity contribution in [3.63, 3.8) is 0 Å². The standard InChI is InChI=1S/C14H21N3O2S/c1-15-20(18,19)10-11-4-5-14-13(8-11)12(9-16-14)6-7-17(2)3/h4-5,8-9,15-16H,6-7,10H2,1-3H3/i4D,5D,7D2,8D,9D/hD2. The molecule has 1 heterocycles. The molecule has 1 aromatic carbocycles. The third-order valence-electron chi connectivity index (χ3n) is 2.63. The van der Waals surface area contributed by atoms with E-state index < -0.39 is 46.6 Å². The molecule has 0 aliphatic carbocycles. The molecule has 2 aromatic rings. The molecule has 0 bridgehead atoms. The van der Waals surface area contributed by atoms with Gasteiger partial charge in [-0.2, -0.15) is 0 Å². The summed E-state index contributed by atoms with van der Waals surface area (Å²) in [5.74, 6) is -0.858. The SMILES string of the molecule is [2H]c1c(CS(=O)(=O)N([2H])C)c([2H])c2c(CC([2H])([2H])N(C)C)c([2H])n([2H])c2c1[2H]. The molecule has 5 nitrogen and oxygen atoms in total. The Balaban J connectivity index is 2.86. The van der Waals surface area contributed by atoms with E-state index in [1.807, 2.05) is 0 Å². The fraction of sp³-hybridized carbons (Fsp3) is 0.429. The summed E-state index contributed by atoms with van der Waals surface area (Å²) in [7, 11) is -0.182. The van der Waals surface area contributed by atoms with Crippen LogP contribution in [0, 0.1) is 0 Å². The lowest BCUT2D eigenvalue weighted by molar-refractivity contribution is 0.414. The highest BCUT2D eigenvalue weighted by Gasteiger charge is 2.11. The number of hydrogen-bond acceptors (Lipinski definition) is 3. The fourth-order valence-corrected chi connectivity index (χ4v) is 2.24. The van der Waals surface area contributed by atoms with Gasteiger partial charge in [-0.05, 0) is 50.8 Å². The lowest BCUT2D eigenvalue weighted by Crippen LogP contribution is -2.20. The van der Waals surface area contributed by atoms with Gasteiger partial charge in [0.05, 0.1) is 11.2 Å². The molecule has 2 rings (SSSR count). The van der Waals surface area contributed by atoms with Crippen molar-refractivity contribution < 1.29 is 19.5 Å². The van der Waals surface area contributed by atoms with Gasteiger partial charge < -0.3 is 9.88 Å². The Bertz CT molecular complexity index is 1030. The van der Waals surface area contributed by atoms with Crippen molar-refractivity contribution in [3.05, 3.63) is 35.4 Å². The molecule has 0 spiro atoms. The van der Waals surface area contributed by atoms with Crippen molar-refractivity contribution in [3.8, 4) is 0 Å². The van der Waals surface area contributed by atoms with Crippen molar-refractivity contribution >= 4 is 20.9 Å². The van der Waals surface area contributed by atoms with Crippen LogP contribution in [0.1, 0.15) is 19.4 Å². The summed E-state index contributed by atoms with van der Waals surface area (Å²) in [4.78, 5) is 1.83. The number of H-pyrrole nitrogens is 1. The van der Waals surface area contributed by atoms with Gasteiger partial charge in [0, 0.05) is 26.3 Å². The number of sulfonamides is 1. The summed E-state index contributed by atoms with van der Waals surface area (Å²) in [6, 6.07) is -1.55. The Kier molecular flexibility index (Phi) is 2.26. The molecule has 20 heavy (non-hydrogen) atoms. The van der Waals surface area contributed by atoms with E-state index in [0.29, 0.717) is 4.98 Å². The molecule has 0 fully saturated rings. The maximum absolute atomic E-state index is 12.1. The van der Waals surface area contributed by atoms with Crippen molar-refractivity contribution in [1.29, 1.82) is 0 Å². The number of likely N-dealkylation sites (N-methyl/N-ethyl adjacent to an activating group) is 1. The Labute approximate surface area is 131 Å². The minimum atomic E-state index is -4.15. The van der Waals surface area contributed by atoms with E-state index in [4.69, 9.17) is 11.0 Å². The van der Waals surface area contributed by atoms with E-state index in [-0.39, 0.29) is 33.2 Å². The second-order valence-electron chi connectivity index (χ2n) is 4.42. The van der Waals surface area contributed by atoms with Gasteiger partial charge in [0.2, 0.25) is 10.0 Å². The second kappa shape index (κ2) is 5.95. The first kappa shape index (κ1) is 7.59. The van der Waals surface area contributed by atoms with Crippen LogP contribution in [0.3, 0.4) is 0 Å². The van der Waals surface area contributed by atoms with E-state index in [1.165, 1.54) is 19.0 Å². The van der Waals surface area contributed by atoms with Gasteiger partial charge in [-0.1, -0.05) is 6.04 Å². The molecule has 6 heteroatoms. The van der Waals surface area contributed by atoms with Crippen LogP contribution >= 0.6 is 0 Å². The summed E-state index contributed by atoms with van der Waals surface area (Å²) in [6.45, 7) is -1.92. The van der Waals surface area contributed by atoms with Crippen LogP contribution in [-0.4, -0.2) is 45.9 Å². The van der Waals surface area contributed by atoms with E-state index >= 15 is 0 Å². The van der Waals surface area contributed by atoms with Gasteiger partial charge in [0.15, 0.2) is 1.41 Å². The topological polar surface area (TPSA) is 65.2 Å². The summed E-state index contributed by atoms with van der Waals surface area (Å²) in [6.07, 6.45) is -0.797. The number of aromatic nitrogens is 1. The Morgan fingerprint density at radius 1 is 1.55 bits per heavy atom. The second-order valence-corrected chi connectivity index (χ2v) is 6.24. The van der Waals surface area contributed by atoms with Crippen molar-refractivity contribution in [2.75, 3.05) is 27.6 Å². The third-order valence-corrected chi connectivity index (χ3v) is 3.84. The summed E-state index contributed by atoms with van der Waals surface area (Å²) < 4.78 is 88.6. The monoisotopic (exact) mass is 303 g/mol. The van der Waals surface area contributed by atoms with Gasteiger partial charge in [-0.3, -0.25) is 0 Å². The Hall–Kier alpha value is -1.37. The van der Waals surface area contributed by atoms with Crippen LogP contribution in [0.5, 0.6) is 0 Å². The van der Waals surface area contributed by atoms with Crippen molar-refractivity contribution in [2.45, 2.75) is 12.2 Å². The van der Waals surface area contributed by atoms with Crippen LogP contribution < -0.4 is 4.72 Å². The average Bonchev–Trinajstić information content (AvgIpc) is 2.81. The molecule has 0 saturated carbocycles. The highest BCUT2D eigenvalue weighted by molar-refractivity contribution is 7.88. The Morgan fingerprint density at radius 3 is 2.95 bits per heavy atom. The molecule has 0 atom stereocenters. The van der Waals surface area contributed by atoms with Crippen LogP contribution in [0.4, 0.5) is 0 Å². The number of aromatic amines is 1. The predicted molar refractivity (Wildman–Crippen MR) is 82.2 cm³/mol. The first-order valence-corrected chi connectivity index (χ1v) is 7.49. The molecule has 0 aliphatic rings. The normalized spacial score (nSPS) is 19.1. The molecular weight excluding hydrogens is 274 g/mol. The number of nitrogens with zero attached hydrogens (tertiary/aromatic N) is 1. The summed E-state index contributed by atoms with van der Waals surface area (Å²) >= 11 is 0. The van der Waals surface area contributed by atoms with E-state index in [2.05, 4.69) is 0 Å². The quantitative estimate of drug-likeness (QED) is 0.846. The average molecular weight is 303 g/mol. The lowest BCUT2D eigenvalue weighted by Gasteiger charge is -2.08. The van der Waals surface area contributed by atoms with Crippen molar-refractivity contribution in [1.82, 2.24) is 14.6 Å². The van der Waals surface area contributed by atoms with Gasteiger partial charge in [-0.15, -0.1) is 0 Å². The van der Waals surface area contributed by atoms with Crippen molar-refractivity contribution in [2.24, 2.45) is 0 Å². The first-order valence-electron chi connectivity index (χ1n) is 9.77. The van der Waals surface area contributed by atoms with E-state index in [0.717, 1.165) is 7.05 Å². The highest BCUT2D eigenvalue weighted by atomic mass is 32.2. The van der Waals surface area contributed by atoms with Crippen LogP contribution in [-0.2, 0) is 22.2 Å². The number of nitrogens with one attached hydrogen (secondary N) is 2. The minimum absolute atomic E-state index is 0.0138. The predicted octanol–water partition coefficient (Wildman–Crippen LogP) is 1.32. The summed E-state index contributed by atoms with van der Waals surface area (Å²) in [5, 5.41) is -0.0930. The molecule has 2 N–H and O–H groups in total. The fourth-order valence-electron chi connectivity index (χ4n) is 1.60. The minimum Gasteiger partial charge on any atom is -0.361 e. The summed E-state index contributed by atoms with van der Waals surface area (Å²) in [5.41, 5.74) is -0.557. The number of fused-ring (bicyclic) bond motifs is 1. The number of aryl methyl sites for hydroxylation is 1. The smallest absolute Gasteiger partial charge is 0.215 e. The van der Waals surface area contributed by atoms with Gasteiger partial charge in [0.1, 0.15) is 1.41 Å². The molecule has 0 unspecified atom stereocenters. The maximum Gasteiger partial charge on any atom is 0.215 e. The van der Waals surface area contributed by atoms with Gasteiger partial charge in [0.25, 0.3) is 0 Å². The maximum atomic E-state index is 12.1. The zero-order chi connectivity index (χ0) is 21.8. The molecule has 0 radical (unpaired) electrons. The molecule has 0 amide bonds. The van der Waals surface area contributed by atoms with E-state index in [9.17, 15) is 8.42 Å². The van der Waals surface area contributed by atoms with Crippen LogP contribution in [0.25, 0.3) is 10.9 Å². The molecule has 1 aromatic heterocycles. The van der Waals surface area contributed by atoms with Crippen LogP contribution in [0.2, 0.25) is 2.82 Å². The first-order chi connectivity index (χ1) is 12.6. The number of benzene rings is 1. The molecule has 0 aliphatic heterocycles. The molecule has 0 saturated heterocycles. The van der Waals surface area contributed by atoms with Gasteiger partial charge in [-0.25, -0.2) is 13.1 Å². The number of hydrogen-bond donors (Lipinski definition) is 2. The van der Waals surface area contributed by atoms with Gasteiger partial charge >= 0.3 is 0 Å². The zero-order valence-corrected chi connectivity index (χ0v) is 12.3. The highest BCUT2D eigenvalue weighted by Crippen LogP contribution is 2.21. The zero-order valence-electron chi connectivity index (χ0n) is 19.5. The lowest BCUT2D eigenvalue weighted by atomic mass is 10.1.